The van der Waals surface area contributed by atoms with Gasteiger partial charge in [-0.2, -0.15) is 5.10 Å². The first-order valence-electron chi connectivity index (χ1n) is 6.83. The Hall–Kier alpha value is -1.37. The molecule has 2 fully saturated rings. The minimum Gasteiger partial charge on any atom is -0.322 e. The van der Waals surface area contributed by atoms with Crippen molar-refractivity contribution in [3.8, 4) is 0 Å². The summed E-state index contributed by atoms with van der Waals surface area (Å²) >= 11 is 3.42. The van der Waals surface area contributed by atoms with Crippen LogP contribution in [0.3, 0.4) is 0 Å². The van der Waals surface area contributed by atoms with Crippen LogP contribution in [0.1, 0.15) is 25.0 Å². The van der Waals surface area contributed by atoms with Crippen molar-refractivity contribution in [2.45, 2.75) is 31.8 Å². The Balaban J connectivity index is 1.76. The van der Waals surface area contributed by atoms with Gasteiger partial charge < -0.3 is 9.80 Å². The molecule has 0 aliphatic carbocycles. The third-order valence-electron chi connectivity index (χ3n) is 4.12. The Kier molecular flexibility index (Phi) is 3.54. The molecule has 3 heterocycles. The Morgan fingerprint density at radius 2 is 2.30 bits per heavy atom. The largest absolute Gasteiger partial charge is 0.322 e. The molecule has 1 aromatic rings. The molecule has 3 rings (SSSR count). The summed E-state index contributed by atoms with van der Waals surface area (Å²) in [6, 6.07) is 0. The molecule has 108 valence electrons. The number of rotatable bonds is 2. The smallest absolute Gasteiger partial charge is 0.230 e. The lowest BCUT2D eigenvalue weighted by molar-refractivity contribution is -0.150. The third-order valence-corrected chi connectivity index (χ3v) is 4.78. The Morgan fingerprint density at radius 1 is 1.50 bits per heavy atom. The maximum Gasteiger partial charge on any atom is 0.230 e. The molecule has 0 saturated carbocycles. The maximum absolute atomic E-state index is 12.5. The average Bonchev–Trinajstić information content (AvgIpc) is 3.02. The first-order valence-corrected chi connectivity index (χ1v) is 7.62. The fourth-order valence-electron chi connectivity index (χ4n) is 3.04. The van der Waals surface area contributed by atoms with Crippen molar-refractivity contribution in [2.75, 3.05) is 13.1 Å². The highest BCUT2D eigenvalue weighted by Gasteiger charge is 2.39. The van der Waals surface area contributed by atoms with Crippen LogP contribution in [0.2, 0.25) is 0 Å². The van der Waals surface area contributed by atoms with E-state index >= 15 is 0 Å². The molecule has 7 heteroatoms. The summed E-state index contributed by atoms with van der Waals surface area (Å²) in [6.07, 6.45) is 4.30. The van der Waals surface area contributed by atoms with Gasteiger partial charge in [-0.3, -0.25) is 14.3 Å². The lowest BCUT2D eigenvalue weighted by atomic mass is 10.1. The fraction of sp³-hybridized carbons (Fsp3) is 0.615. The summed E-state index contributed by atoms with van der Waals surface area (Å²) in [5.41, 5.74) is 0.872. The monoisotopic (exact) mass is 340 g/mol. The minimum absolute atomic E-state index is 0.0317. The SMILES string of the molecule is Cn1ncc(Br)c1CC(=O)N1CCC(=O)N2CCC[C@@H]21. The van der Waals surface area contributed by atoms with E-state index in [0.29, 0.717) is 19.4 Å². The zero-order chi connectivity index (χ0) is 14.3. The number of aryl methyl sites for hydroxylation is 1. The van der Waals surface area contributed by atoms with Gasteiger partial charge >= 0.3 is 0 Å². The van der Waals surface area contributed by atoms with Gasteiger partial charge in [-0.1, -0.05) is 0 Å². The van der Waals surface area contributed by atoms with E-state index in [9.17, 15) is 9.59 Å². The van der Waals surface area contributed by atoms with Crippen LogP contribution in [-0.2, 0) is 23.1 Å². The Morgan fingerprint density at radius 3 is 3.00 bits per heavy atom. The van der Waals surface area contributed by atoms with Crippen molar-refractivity contribution in [1.29, 1.82) is 0 Å². The van der Waals surface area contributed by atoms with Crippen LogP contribution in [0, 0.1) is 0 Å². The maximum atomic E-state index is 12.5. The molecule has 1 atom stereocenters. The highest BCUT2D eigenvalue weighted by molar-refractivity contribution is 9.10. The van der Waals surface area contributed by atoms with E-state index in [1.54, 1.807) is 10.9 Å². The highest BCUT2D eigenvalue weighted by atomic mass is 79.9. The molecule has 0 N–H and O–H groups in total. The molecule has 6 nitrogen and oxygen atoms in total. The summed E-state index contributed by atoms with van der Waals surface area (Å²) in [6.45, 7) is 1.32. The van der Waals surface area contributed by atoms with Crippen LogP contribution in [-0.4, -0.2) is 50.6 Å². The summed E-state index contributed by atoms with van der Waals surface area (Å²) < 4.78 is 2.56. The lowest BCUT2D eigenvalue weighted by Gasteiger charge is -2.39. The van der Waals surface area contributed by atoms with Crippen LogP contribution >= 0.6 is 15.9 Å². The average molecular weight is 341 g/mol. The number of carbonyl (C=O) groups excluding carboxylic acids is 2. The van der Waals surface area contributed by atoms with Crippen molar-refractivity contribution in [3.63, 3.8) is 0 Å². The number of fused-ring (bicyclic) bond motifs is 1. The van der Waals surface area contributed by atoms with Gasteiger partial charge in [0.25, 0.3) is 0 Å². The van der Waals surface area contributed by atoms with E-state index in [-0.39, 0.29) is 18.0 Å². The zero-order valence-corrected chi connectivity index (χ0v) is 13.0. The van der Waals surface area contributed by atoms with Gasteiger partial charge in [-0.25, -0.2) is 0 Å². The van der Waals surface area contributed by atoms with Gasteiger partial charge in [-0.15, -0.1) is 0 Å². The van der Waals surface area contributed by atoms with E-state index in [4.69, 9.17) is 0 Å². The Bertz CT molecular complexity index is 537. The van der Waals surface area contributed by atoms with Crippen molar-refractivity contribution >= 4 is 27.7 Å². The second-order valence-electron chi connectivity index (χ2n) is 5.29. The number of halogens is 1. The van der Waals surface area contributed by atoms with Crippen molar-refractivity contribution in [1.82, 2.24) is 19.6 Å². The molecule has 0 aromatic carbocycles. The summed E-state index contributed by atoms with van der Waals surface area (Å²) in [7, 11) is 1.83. The second-order valence-corrected chi connectivity index (χ2v) is 6.14. The Labute approximate surface area is 125 Å². The number of aromatic nitrogens is 2. The van der Waals surface area contributed by atoms with Crippen LogP contribution in [0.4, 0.5) is 0 Å². The van der Waals surface area contributed by atoms with Crippen LogP contribution in [0.25, 0.3) is 0 Å². The normalized spacial score (nSPS) is 22.3. The van der Waals surface area contributed by atoms with Gasteiger partial charge in [0.1, 0.15) is 6.17 Å². The van der Waals surface area contributed by atoms with Crippen molar-refractivity contribution < 1.29 is 9.59 Å². The van der Waals surface area contributed by atoms with Gasteiger partial charge in [0.05, 0.1) is 22.8 Å². The van der Waals surface area contributed by atoms with Gasteiger partial charge in [0.15, 0.2) is 0 Å². The number of carbonyl (C=O) groups is 2. The van der Waals surface area contributed by atoms with Gasteiger partial charge in [-0.05, 0) is 28.8 Å². The third kappa shape index (κ3) is 2.24. The quantitative estimate of drug-likeness (QED) is 0.803. The molecule has 2 amide bonds. The first-order chi connectivity index (χ1) is 9.58. The predicted molar refractivity (Wildman–Crippen MR) is 75.7 cm³/mol. The zero-order valence-electron chi connectivity index (χ0n) is 11.4. The lowest BCUT2D eigenvalue weighted by Crippen LogP contribution is -2.55. The molecule has 1 aromatic heterocycles. The molecule has 0 spiro atoms. The van der Waals surface area contributed by atoms with Crippen LogP contribution in [0.15, 0.2) is 10.7 Å². The van der Waals surface area contributed by atoms with E-state index in [2.05, 4.69) is 21.0 Å². The molecule has 2 aliphatic rings. The number of hydrogen-bond donors (Lipinski definition) is 0. The van der Waals surface area contributed by atoms with Crippen molar-refractivity contribution in [3.05, 3.63) is 16.4 Å². The van der Waals surface area contributed by atoms with Crippen molar-refractivity contribution in [2.24, 2.45) is 7.05 Å². The number of hydrogen-bond acceptors (Lipinski definition) is 3. The molecule has 0 unspecified atom stereocenters. The number of amides is 2. The first kappa shape index (κ1) is 13.6. The fourth-order valence-corrected chi connectivity index (χ4v) is 3.53. The van der Waals surface area contributed by atoms with Crippen LogP contribution in [0.5, 0.6) is 0 Å². The van der Waals surface area contributed by atoms with Crippen LogP contribution < -0.4 is 0 Å². The van der Waals surface area contributed by atoms with E-state index in [0.717, 1.165) is 29.6 Å². The molecule has 0 radical (unpaired) electrons. The molecule has 2 saturated heterocycles. The standard InChI is InChI=1S/C13H17BrN4O2/c1-16-10(9(14)8-15-16)7-13(20)18-6-4-12(19)17-5-2-3-11(17)18/h8,11H,2-7H2,1H3/t11-/m0/s1. The second kappa shape index (κ2) is 5.20. The van der Waals surface area contributed by atoms with E-state index < -0.39 is 0 Å². The summed E-state index contributed by atoms with van der Waals surface area (Å²) in [5.74, 6) is 0.247. The van der Waals surface area contributed by atoms with E-state index in [1.807, 2.05) is 16.8 Å². The molecular weight excluding hydrogens is 324 g/mol. The predicted octanol–water partition coefficient (Wildman–Crippen LogP) is 0.906. The summed E-state index contributed by atoms with van der Waals surface area (Å²) in [4.78, 5) is 28.1. The van der Waals surface area contributed by atoms with Gasteiger partial charge in [0.2, 0.25) is 11.8 Å². The van der Waals surface area contributed by atoms with Gasteiger partial charge in [0, 0.05) is 26.6 Å². The van der Waals surface area contributed by atoms with E-state index in [1.165, 1.54) is 0 Å². The molecule has 0 bridgehead atoms. The molecular formula is C13H17BrN4O2. The number of nitrogens with zero attached hydrogens (tertiary/aromatic N) is 4. The summed E-state index contributed by atoms with van der Waals surface area (Å²) in [5, 5.41) is 4.13. The molecule has 20 heavy (non-hydrogen) atoms. The minimum atomic E-state index is -0.0317. The highest BCUT2D eigenvalue weighted by Crippen LogP contribution is 2.27. The molecule has 2 aliphatic heterocycles. The topological polar surface area (TPSA) is 58.4 Å².